The van der Waals surface area contributed by atoms with Gasteiger partial charge in [-0.25, -0.2) is 0 Å². The van der Waals surface area contributed by atoms with E-state index in [1.807, 2.05) is 79.4 Å². The van der Waals surface area contributed by atoms with E-state index < -0.39 is 0 Å². The molecule has 0 aliphatic carbocycles. The van der Waals surface area contributed by atoms with Gasteiger partial charge in [0.05, 0.1) is 0 Å². The van der Waals surface area contributed by atoms with Crippen molar-refractivity contribution in [3.63, 3.8) is 0 Å². The summed E-state index contributed by atoms with van der Waals surface area (Å²) in [6.45, 7) is 9.24. The van der Waals surface area contributed by atoms with Crippen LogP contribution in [0.2, 0.25) is 0 Å². The van der Waals surface area contributed by atoms with E-state index in [-0.39, 0.29) is 0 Å². The average Bonchev–Trinajstić information content (AvgIpc) is 4.15. The Balaban J connectivity index is 0.996. The van der Waals surface area contributed by atoms with E-state index >= 15 is 0 Å². The molecule has 0 aliphatic heterocycles. The van der Waals surface area contributed by atoms with Gasteiger partial charge in [-0.3, -0.25) is 0 Å². The average molecular weight is 962 g/mol. The minimum atomic E-state index is 1.18. The van der Waals surface area contributed by atoms with Gasteiger partial charge in [-0.1, -0.05) is 105 Å². The largest absolute Gasteiger partial charge is 0.143 e. The number of aryl methyl sites for hydroxylation is 4. The molecule has 0 N–H and O–H groups in total. The predicted molar refractivity (Wildman–Crippen MR) is 295 cm³/mol. The number of fused-ring (bicyclic) bond motifs is 5. The van der Waals surface area contributed by atoms with Crippen LogP contribution in [0.4, 0.5) is 0 Å². The van der Waals surface area contributed by atoms with Gasteiger partial charge in [0.25, 0.3) is 0 Å². The van der Waals surface area contributed by atoms with Crippen molar-refractivity contribution < 1.29 is 0 Å². The maximum atomic E-state index is 2.55. The lowest BCUT2D eigenvalue weighted by molar-refractivity contribution is 0.667. The first-order valence-electron chi connectivity index (χ1n) is 24.3. The molecule has 0 amide bonds. The van der Waals surface area contributed by atoms with Crippen molar-refractivity contribution in [2.75, 3.05) is 0 Å². The molecule has 7 heteroatoms. The van der Waals surface area contributed by atoms with Gasteiger partial charge in [-0.05, 0) is 156 Å². The normalized spacial score (nSPS) is 12.1. The Kier molecular flexibility index (Phi) is 15.7. The Labute approximate surface area is 405 Å². The second-order valence-corrected chi connectivity index (χ2v) is 25.1. The fraction of sp³-hybridized carbons (Fsp3) is 0.429. The van der Waals surface area contributed by atoms with E-state index in [0.717, 1.165) is 0 Å². The summed E-state index contributed by atoms with van der Waals surface area (Å²) in [7, 11) is 0. The second-order valence-electron chi connectivity index (χ2n) is 17.9. The second kappa shape index (κ2) is 21.8. The summed E-state index contributed by atoms with van der Waals surface area (Å²) in [5, 5.41) is 10.5. The van der Waals surface area contributed by atoms with Crippen molar-refractivity contribution in [1.29, 1.82) is 0 Å². The summed E-state index contributed by atoms with van der Waals surface area (Å²) in [4.78, 5) is 11.7. The molecular formula is C56H64S7. The van der Waals surface area contributed by atoms with E-state index in [4.69, 9.17) is 0 Å². The number of unbranched alkanes of at least 4 members (excludes halogenated alkanes) is 12. The van der Waals surface area contributed by atoms with Crippen LogP contribution in [0.15, 0.2) is 71.4 Å². The van der Waals surface area contributed by atoms with Gasteiger partial charge < -0.3 is 0 Å². The molecule has 0 fully saturated rings. The van der Waals surface area contributed by atoms with Gasteiger partial charge in [0.1, 0.15) is 0 Å². The highest BCUT2D eigenvalue weighted by molar-refractivity contribution is 7.30. The highest BCUT2D eigenvalue weighted by Gasteiger charge is 2.20. The van der Waals surface area contributed by atoms with Crippen LogP contribution in [0.5, 0.6) is 0 Å². The molecule has 0 aliphatic rings. The number of benzene rings is 2. The maximum Gasteiger partial charge on any atom is 0.0481 e. The van der Waals surface area contributed by atoms with Crippen LogP contribution < -0.4 is 0 Å². The molecule has 9 aromatic rings. The van der Waals surface area contributed by atoms with Crippen LogP contribution in [-0.2, 0) is 25.7 Å². The molecule has 0 bridgehead atoms. The molecule has 330 valence electrons. The molecule has 0 unspecified atom stereocenters. The first-order valence-corrected chi connectivity index (χ1v) is 30.1. The van der Waals surface area contributed by atoms with Crippen molar-refractivity contribution in [2.45, 2.75) is 156 Å². The summed E-state index contributed by atoms with van der Waals surface area (Å²) < 4.78 is 5.64. The summed E-state index contributed by atoms with van der Waals surface area (Å²) in [5.74, 6) is 0. The van der Waals surface area contributed by atoms with Crippen LogP contribution in [0, 0.1) is 0 Å². The first kappa shape index (κ1) is 45.5. The summed E-state index contributed by atoms with van der Waals surface area (Å²) in [6.07, 6.45) is 25.9. The molecule has 63 heavy (non-hydrogen) atoms. The van der Waals surface area contributed by atoms with Gasteiger partial charge in [0.15, 0.2) is 0 Å². The Bertz CT molecular complexity index is 2680. The maximum absolute atomic E-state index is 2.55. The molecular weight excluding hydrogens is 897 g/mol. The highest BCUT2D eigenvalue weighted by atomic mass is 32.1. The lowest BCUT2D eigenvalue weighted by Crippen LogP contribution is -1.85. The lowest BCUT2D eigenvalue weighted by Gasteiger charge is -2.02. The minimum Gasteiger partial charge on any atom is -0.143 e. The topological polar surface area (TPSA) is 0 Å². The molecule has 0 saturated heterocycles. The number of rotatable bonds is 24. The van der Waals surface area contributed by atoms with Crippen LogP contribution in [0.3, 0.4) is 0 Å². The fourth-order valence-corrected chi connectivity index (χ4v) is 17.5. The smallest absolute Gasteiger partial charge is 0.0481 e. The first-order chi connectivity index (χ1) is 31.0. The van der Waals surface area contributed by atoms with E-state index in [2.05, 4.69) is 99.1 Å². The monoisotopic (exact) mass is 960 g/mol. The third-order valence-electron chi connectivity index (χ3n) is 12.8. The van der Waals surface area contributed by atoms with Crippen LogP contribution >= 0.6 is 79.4 Å². The van der Waals surface area contributed by atoms with Crippen molar-refractivity contribution in [1.82, 2.24) is 0 Å². The Morgan fingerprint density at radius 1 is 0.317 bits per heavy atom. The number of thiophene rings is 7. The van der Waals surface area contributed by atoms with E-state index in [1.165, 1.54) is 219 Å². The Morgan fingerprint density at radius 3 is 1.13 bits per heavy atom. The molecule has 0 spiro atoms. The Morgan fingerprint density at radius 2 is 0.714 bits per heavy atom. The van der Waals surface area contributed by atoms with Gasteiger partial charge >= 0.3 is 0 Å². The van der Waals surface area contributed by atoms with Crippen LogP contribution in [0.25, 0.3) is 79.4 Å². The molecule has 7 aromatic heterocycles. The molecule has 0 saturated carbocycles. The molecule has 0 radical (unpaired) electrons. The van der Waals surface area contributed by atoms with E-state index in [0.29, 0.717) is 0 Å². The highest BCUT2D eigenvalue weighted by Crippen LogP contribution is 2.49. The predicted octanol–water partition coefficient (Wildman–Crippen LogP) is 21.9. The fourth-order valence-electron chi connectivity index (χ4n) is 9.22. The molecule has 9 rings (SSSR count). The van der Waals surface area contributed by atoms with Gasteiger partial charge in [0, 0.05) is 68.6 Å². The standard InChI is InChI=1S/C56H64S7/c1-5-9-13-17-21-37-25-53(57-35-37)55-39(23-19-15-11-7-3)29-51(62-55)49-31-41-27-43-44-28-42-32-50(60-46(42)34-48(44)61-47(43)33-45(41)59-49)52-30-40(24-20-16-12-8-4)56(63-52)54-26-38(36-58-54)22-18-14-10-6-2/h25-36H,5-24H2,1-4H3. The molecule has 2 aromatic carbocycles. The van der Waals surface area contributed by atoms with Crippen molar-refractivity contribution >= 4 is 120 Å². The summed E-state index contributed by atoms with van der Waals surface area (Å²) in [5.41, 5.74) is 6.18. The van der Waals surface area contributed by atoms with Crippen molar-refractivity contribution in [3.8, 4) is 39.0 Å². The lowest BCUT2D eigenvalue weighted by atomic mass is 10.0. The van der Waals surface area contributed by atoms with E-state index in [9.17, 15) is 0 Å². The van der Waals surface area contributed by atoms with Gasteiger partial charge in [-0.2, -0.15) is 0 Å². The van der Waals surface area contributed by atoms with Gasteiger partial charge in [-0.15, -0.1) is 79.4 Å². The molecule has 7 heterocycles. The molecule has 0 atom stereocenters. The Hall–Kier alpha value is -2.62. The third kappa shape index (κ3) is 10.7. The van der Waals surface area contributed by atoms with E-state index in [1.54, 1.807) is 11.1 Å². The van der Waals surface area contributed by atoms with Crippen molar-refractivity contribution in [3.05, 3.63) is 93.7 Å². The van der Waals surface area contributed by atoms with Gasteiger partial charge in [0.2, 0.25) is 0 Å². The quantitative estimate of drug-likeness (QED) is 0.0530. The number of hydrogen-bond donors (Lipinski definition) is 0. The number of hydrogen-bond acceptors (Lipinski definition) is 7. The minimum absolute atomic E-state index is 1.18. The summed E-state index contributed by atoms with van der Waals surface area (Å²) in [6, 6.07) is 25.1. The zero-order chi connectivity index (χ0) is 43.1. The summed E-state index contributed by atoms with van der Waals surface area (Å²) >= 11 is 14.0. The van der Waals surface area contributed by atoms with Crippen molar-refractivity contribution in [2.24, 2.45) is 0 Å². The van der Waals surface area contributed by atoms with Crippen LogP contribution in [-0.4, -0.2) is 0 Å². The third-order valence-corrected chi connectivity index (χ3v) is 21.2. The zero-order valence-corrected chi connectivity index (χ0v) is 43.6. The van der Waals surface area contributed by atoms with Crippen LogP contribution in [0.1, 0.15) is 153 Å². The zero-order valence-electron chi connectivity index (χ0n) is 37.9. The SMILES string of the molecule is CCCCCCc1csc(-c2sc(-c3cc4cc5c(cc4s3)sc3cc4sc(-c6cc(CCCCCC)c(-c7cc(CCCCCC)cs7)s6)cc4cc35)cc2CCCCCC)c1. The molecule has 0 nitrogen and oxygen atoms in total.